The summed E-state index contributed by atoms with van der Waals surface area (Å²) < 4.78 is 3.67. The lowest BCUT2D eigenvalue weighted by molar-refractivity contribution is 0.0448. The van der Waals surface area contributed by atoms with Crippen LogP contribution in [0.2, 0.25) is 0 Å². The molecular formula is C21H24N8O2. The van der Waals surface area contributed by atoms with Gasteiger partial charge in [-0.15, -0.1) is 5.10 Å². The van der Waals surface area contributed by atoms with Gasteiger partial charge in [0, 0.05) is 36.3 Å². The summed E-state index contributed by atoms with van der Waals surface area (Å²) in [5, 5.41) is 29.5. The SMILES string of the molecule is CNc1cc(-c2cn(C(C)C)c3nnccc23)nc2c(C(=O)N[C@H]3CC[C@H]3O)cnn12. The third kappa shape index (κ3) is 3.10. The highest BCUT2D eigenvalue weighted by Gasteiger charge is 2.31. The highest BCUT2D eigenvalue weighted by Crippen LogP contribution is 2.32. The molecule has 0 aliphatic heterocycles. The van der Waals surface area contributed by atoms with E-state index in [0.29, 0.717) is 29.1 Å². The molecule has 4 heterocycles. The predicted octanol–water partition coefficient (Wildman–Crippen LogP) is 2.02. The third-order valence-corrected chi connectivity index (χ3v) is 5.86. The number of aromatic nitrogens is 6. The van der Waals surface area contributed by atoms with Crippen LogP contribution in [0.3, 0.4) is 0 Å². The lowest BCUT2D eigenvalue weighted by atomic mass is 9.89. The van der Waals surface area contributed by atoms with E-state index in [2.05, 4.69) is 44.3 Å². The molecule has 3 N–H and O–H groups in total. The number of carbonyl (C=O) groups is 1. The molecule has 0 aromatic carbocycles. The van der Waals surface area contributed by atoms with Crippen LogP contribution < -0.4 is 10.6 Å². The predicted molar refractivity (Wildman–Crippen MR) is 116 cm³/mol. The number of aliphatic hydroxyl groups excluding tert-OH is 1. The number of amides is 1. The number of rotatable bonds is 5. The molecule has 1 saturated carbocycles. The van der Waals surface area contributed by atoms with Crippen LogP contribution in [0.4, 0.5) is 5.82 Å². The Morgan fingerprint density at radius 2 is 2.13 bits per heavy atom. The first-order chi connectivity index (χ1) is 15.0. The topological polar surface area (TPSA) is 122 Å². The Kier molecular flexibility index (Phi) is 4.58. The molecule has 0 spiro atoms. The number of fused-ring (bicyclic) bond motifs is 2. The van der Waals surface area contributed by atoms with Crippen LogP contribution in [0.5, 0.6) is 0 Å². The zero-order valence-electron chi connectivity index (χ0n) is 17.6. The summed E-state index contributed by atoms with van der Waals surface area (Å²) in [7, 11) is 1.80. The monoisotopic (exact) mass is 420 g/mol. The minimum Gasteiger partial charge on any atom is -0.391 e. The van der Waals surface area contributed by atoms with E-state index in [0.717, 1.165) is 23.0 Å². The minimum atomic E-state index is -0.495. The summed E-state index contributed by atoms with van der Waals surface area (Å²) in [5.74, 6) is 0.413. The summed E-state index contributed by atoms with van der Waals surface area (Å²) in [6, 6.07) is 3.79. The van der Waals surface area contributed by atoms with E-state index < -0.39 is 6.10 Å². The second-order valence-electron chi connectivity index (χ2n) is 8.11. The fraction of sp³-hybridized carbons (Fsp3) is 0.381. The lowest BCUT2D eigenvalue weighted by Crippen LogP contribution is -2.50. The molecule has 1 amide bonds. The molecule has 160 valence electrons. The maximum absolute atomic E-state index is 12.9. The first kappa shape index (κ1) is 19.4. The Labute approximate surface area is 178 Å². The Morgan fingerprint density at radius 3 is 2.81 bits per heavy atom. The maximum atomic E-state index is 12.9. The molecule has 10 heteroatoms. The minimum absolute atomic E-state index is 0.200. The van der Waals surface area contributed by atoms with Gasteiger partial charge in [-0.05, 0) is 32.8 Å². The van der Waals surface area contributed by atoms with Crippen LogP contribution in [-0.4, -0.2) is 59.6 Å². The Balaban J connectivity index is 1.65. The van der Waals surface area contributed by atoms with Crippen LogP contribution in [0, 0.1) is 0 Å². The molecule has 5 rings (SSSR count). The number of nitrogens with zero attached hydrogens (tertiary/aromatic N) is 6. The number of nitrogens with one attached hydrogen (secondary N) is 2. The number of hydrogen-bond donors (Lipinski definition) is 3. The van der Waals surface area contributed by atoms with E-state index in [1.807, 2.05) is 18.3 Å². The molecule has 0 bridgehead atoms. The fourth-order valence-corrected chi connectivity index (χ4v) is 3.93. The average molecular weight is 420 g/mol. The van der Waals surface area contributed by atoms with Crippen LogP contribution in [0.25, 0.3) is 27.9 Å². The van der Waals surface area contributed by atoms with E-state index in [4.69, 9.17) is 4.98 Å². The Morgan fingerprint density at radius 1 is 1.29 bits per heavy atom. The second kappa shape index (κ2) is 7.31. The van der Waals surface area contributed by atoms with E-state index in [9.17, 15) is 9.90 Å². The molecular weight excluding hydrogens is 396 g/mol. The van der Waals surface area contributed by atoms with Crippen molar-refractivity contribution in [1.82, 2.24) is 34.7 Å². The van der Waals surface area contributed by atoms with Crippen molar-refractivity contribution in [3.63, 3.8) is 0 Å². The highest BCUT2D eigenvalue weighted by molar-refractivity contribution is 6.01. The molecule has 2 atom stereocenters. The Hall–Kier alpha value is -3.53. The van der Waals surface area contributed by atoms with Crippen molar-refractivity contribution >= 4 is 28.4 Å². The van der Waals surface area contributed by atoms with Gasteiger partial charge in [0.1, 0.15) is 11.4 Å². The van der Waals surface area contributed by atoms with Crippen molar-refractivity contribution in [2.45, 2.75) is 44.9 Å². The van der Waals surface area contributed by atoms with Crippen molar-refractivity contribution < 1.29 is 9.90 Å². The largest absolute Gasteiger partial charge is 0.391 e. The number of carbonyl (C=O) groups excluding carboxylic acids is 1. The molecule has 0 saturated heterocycles. The van der Waals surface area contributed by atoms with E-state index in [1.54, 1.807) is 17.8 Å². The van der Waals surface area contributed by atoms with Gasteiger partial charge in [0.25, 0.3) is 5.91 Å². The molecule has 0 radical (unpaired) electrons. The lowest BCUT2D eigenvalue weighted by Gasteiger charge is -2.32. The van der Waals surface area contributed by atoms with Gasteiger partial charge in [-0.25, -0.2) is 4.98 Å². The standard InChI is InChI=1S/C21H24N8O2/c1-11(2)28-10-14(12-6-7-23-27-20(12)28)16-8-18(22-3)29-19(25-16)13(9-24-29)21(31)26-15-4-5-17(15)30/h6-11,15,17,22,30H,4-5H2,1-3H3,(H,26,31)/t15-,17+/m0/s1. The second-order valence-corrected chi connectivity index (χ2v) is 8.11. The van der Waals surface area contributed by atoms with Crippen LogP contribution in [-0.2, 0) is 0 Å². The first-order valence-electron chi connectivity index (χ1n) is 10.4. The summed E-state index contributed by atoms with van der Waals surface area (Å²) in [5.41, 5.74) is 3.20. The van der Waals surface area contributed by atoms with Gasteiger partial charge in [-0.1, -0.05) is 0 Å². The zero-order valence-corrected chi connectivity index (χ0v) is 17.6. The first-order valence-corrected chi connectivity index (χ1v) is 10.4. The van der Waals surface area contributed by atoms with E-state index >= 15 is 0 Å². The molecule has 10 nitrogen and oxygen atoms in total. The molecule has 4 aromatic heterocycles. The normalized spacial score (nSPS) is 18.5. The molecule has 1 aliphatic rings. The third-order valence-electron chi connectivity index (χ3n) is 5.86. The summed E-state index contributed by atoms with van der Waals surface area (Å²) in [6.07, 6.45) is 6.16. The number of anilines is 1. The number of hydrogen-bond acceptors (Lipinski definition) is 7. The van der Waals surface area contributed by atoms with Gasteiger partial charge in [0.15, 0.2) is 11.3 Å². The van der Waals surface area contributed by atoms with Crippen molar-refractivity contribution in [3.8, 4) is 11.3 Å². The van der Waals surface area contributed by atoms with Crippen molar-refractivity contribution in [2.24, 2.45) is 0 Å². The van der Waals surface area contributed by atoms with Crippen LogP contribution >= 0.6 is 0 Å². The van der Waals surface area contributed by atoms with Gasteiger partial charge < -0.3 is 20.3 Å². The van der Waals surface area contributed by atoms with E-state index in [1.165, 1.54) is 6.20 Å². The van der Waals surface area contributed by atoms with Gasteiger partial charge >= 0.3 is 0 Å². The van der Waals surface area contributed by atoms with Crippen molar-refractivity contribution in [1.29, 1.82) is 0 Å². The van der Waals surface area contributed by atoms with Crippen LogP contribution in [0.15, 0.2) is 30.7 Å². The van der Waals surface area contributed by atoms with Gasteiger partial charge in [0.2, 0.25) is 0 Å². The van der Waals surface area contributed by atoms with Crippen molar-refractivity contribution in [2.75, 3.05) is 12.4 Å². The van der Waals surface area contributed by atoms with Crippen molar-refractivity contribution in [3.05, 3.63) is 36.3 Å². The molecule has 1 fully saturated rings. The summed E-state index contributed by atoms with van der Waals surface area (Å²) in [6.45, 7) is 4.17. The molecule has 1 aliphatic carbocycles. The van der Waals surface area contributed by atoms with Gasteiger partial charge in [0.05, 0.1) is 30.2 Å². The molecule has 0 unspecified atom stereocenters. The van der Waals surface area contributed by atoms with Gasteiger partial charge in [-0.2, -0.15) is 14.7 Å². The summed E-state index contributed by atoms with van der Waals surface area (Å²) >= 11 is 0. The average Bonchev–Trinajstić information content (AvgIpc) is 3.37. The Bertz CT molecular complexity index is 1290. The van der Waals surface area contributed by atoms with Gasteiger partial charge in [-0.3, -0.25) is 4.79 Å². The molecule has 31 heavy (non-hydrogen) atoms. The number of aliphatic hydroxyl groups is 1. The smallest absolute Gasteiger partial charge is 0.257 e. The molecule has 4 aromatic rings. The summed E-state index contributed by atoms with van der Waals surface area (Å²) in [4.78, 5) is 17.7. The highest BCUT2D eigenvalue weighted by atomic mass is 16.3. The zero-order chi connectivity index (χ0) is 21.7. The van der Waals surface area contributed by atoms with E-state index in [-0.39, 0.29) is 18.0 Å². The maximum Gasteiger partial charge on any atom is 0.257 e. The quantitative estimate of drug-likeness (QED) is 0.451. The van der Waals surface area contributed by atoms with Crippen LogP contribution in [0.1, 0.15) is 43.1 Å². The fourth-order valence-electron chi connectivity index (χ4n) is 3.93.